The van der Waals surface area contributed by atoms with Crippen molar-refractivity contribution >= 4 is 34.1 Å². The maximum absolute atomic E-state index is 12.1. The first kappa shape index (κ1) is 15.8. The monoisotopic (exact) mass is 323 g/mol. The maximum Gasteiger partial charge on any atom is 0.266 e. The second-order valence-electron chi connectivity index (χ2n) is 4.32. The Morgan fingerprint density at radius 3 is 2.90 bits per heavy atom. The van der Waals surface area contributed by atoms with Gasteiger partial charge in [-0.1, -0.05) is 48.2 Å². The number of nitrogens with zero attached hydrogens (tertiary/aromatic N) is 2. The van der Waals surface area contributed by atoms with E-state index >= 15 is 0 Å². The number of carbonyl (C=O) groups excluding carboxylic acids is 1. The molecular formula is C14H17N3O2S2. The van der Waals surface area contributed by atoms with E-state index < -0.39 is 6.10 Å². The lowest BCUT2D eigenvalue weighted by molar-refractivity contribution is -0.122. The number of aryl methyl sites for hydroxylation is 1. The molecule has 0 aliphatic carbocycles. The topological polar surface area (TPSA) is 64.1 Å². The van der Waals surface area contributed by atoms with E-state index in [4.69, 9.17) is 4.74 Å². The molecule has 0 bridgehead atoms. The molecule has 0 spiro atoms. The van der Waals surface area contributed by atoms with E-state index in [1.54, 1.807) is 18.7 Å². The summed E-state index contributed by atoms with van der Waals surface area (Å²) >= 11 is 2.96. The third-order valence-corrected chi connectivity index (χ3v) is 4.53. The molecule has 1 aromatic carbocycles. The normalized spacial score (nSPS) is 12.0. The summed E-state index contributed by atoms with van der Waals surface area (Å²) in [5, 5.41) is 11.2. The van der Waals surface area contributed by atoms with Crippen molar-refractivity contribution in [1.82, 2.24) is 10.2 Å². The summed E-state index contributed by atoms with van der Waals surface area (Å²) in [7, 11) is 0. The predicted octanol–water partition coefficient (Wildman–Crippen LogP) is 3.36. The molecule has 1 heterocycles. The summed E-state index contributed by atoms with van der Waals surface area (Å²) in [6, 6.07) is 7.60. The van der Waals surface area contributed by atoms with E-state index in [9.17, 15) is 4.79 Å². The Balaban J connectivity index is 1.94. The van der Waals surface area contributed by atoms with Crippen molar-refractivity contribution in [2.24, 2.45) is 0 Å². The molecule has 1 atom stereocenters. The molecule has 0 saturated heterocycles. The molecule has 2 aromatic rings. The van der Waals surface area contributed by atoms with Crippen LogP contribution in [-0.2, 0) is 4.79 Å². The highest BCUT2D eigenvalue weighted by Gasteiger charge is 2.17. The molecule has 1 aromatic heterocycles. The number of nitrogens with one attached hydrogen (secondary N) is 1. The highest BCUT2D eigenvalue weighted by atomic mass is 32.2. The zero-order valence-corrected chi connectivity index (χ0v) is 13.8. The fraction of sp³-hybridized carbons (Fsp3) is 0.357. The second kappa shape index (κ2) is 7.42. The standard InChI is InChI=1S/C14H17N3O2S2/c1-4-20-14-17-16-13(21-14)15-12(18)10(3)19-11-8-6-5-7-9(11)2/h5-8,10H,4H2,1-3H3,(H,15,16,18)/t10-/m1/s1. The minimum Gasteiger partial charge on any atom is -0.481 e. The van der Waals surface area contributed by atoms with Crippen molar-refractivity contribution in [3.63, 3.8) is 0 Å². The van der Waals surface area contributed by atoms with Crippen LogP contribution in [0, 0.1) is 6.92 Å². The van der Waals surface area contributed by atoms with Gasteiger partial charge >= 0.3 is 0 Å². The van der Waals surface area contributed by atoms with Gasteiger partial charge in [0.1, 0.15) is 5.75 Å². The quantitative estimate of drug-likeness (QED) is 0.652. The third-order valence-electron chi connectivity index (χ3n) is 2.67. The van der Waals surface area contributed by atoms with Gasteiger partial charge in [0.05, 0.1) is 0 Å². The van der Waals surface area contributed by atoms with Crippen molar-refractivity contribution in [2.45, 2.75) is 31.2 Å². The zero-order chi connectivity index (χ0) is 15.2. The minimum absolute atomic E-state index is 0.234. The third kappa shape index (κ3) is 4.44. The zero-order valence-electron chi connectivity index (χ0n) is 12.1. The fourth-order valence-corrected chi connectivity index (χ4v) is 3.23. The lowest BCUT2D eigenvalue weighted by atomic mass is 10.2. The van der Waals surface area contributed by atoms with Crippen molar-refractivity contribution in [1.29, 1.82) is 0 Å². The van der Waals surface area contributed by atoms with Gasteiger partial charge in [-0.2, -0.15) is 0 Å². The summed E-state index contributed by atoms with van der Waals surface area (Å²) in [5.41, 5.74) is 0.995. The molecule has 1 N–H and O–H groups in total. The molecule has 1 amide bonds. The summed E-state index contributed by atoms with van der Waals surface area (Å²) in [4.78, 5) is 12.1. The van der Waals surface area contributed by atoms with E-state index in [1.165, 1.54) is 11.3 Å². The van der Waals surface area contributed by atoms with Crippen LogP contribution >= 0.6 is 23.1 Å². The maximum atomic E-state index is 12.1. The summed E-state index contributed by atoms with van der Waals surface area (Å²) in [6.07, 6.45) is -0.600. The lowest BCUT2D eigenvalue weighted by Crippen LogP contribution is -2.30. The van der Waals surface area contributed by atoms with Gasteiger partial charge in [0.25, 0.3) is 5.91 Å². The molecular weight excluding hydrogens is 306 g/mol. The minimum atomic E-state index is -0.600. The van der Waals surface area contributed by atoms with E-state index in [0.717, 1.165) is 15.7 Å². The van der Waals surface area contributed by atoms with E-state index in [0.29, 0.717) is 10.9 Å². The molecule has 2 rings (SSSR count). The highest BCUT2D eigenvalue weighted by Crippen LogP contribution is 2.25. The molecule has 112 valence electrons. The number of amides is 1. The number of hydrogen-bond acceptors (Lipinski definition) is 6. The predicted molar refractivity (Wildman–Crippen MR) is 86.2 cm³/mol. The first-order valence-electron chi connectivity index (χ1n) is 6.59. The summed E-state index contributed by atoms with van der Waals surface area (Å²) in [6.45, 7) is 5.70. The molecule has 0 unspecified atom stereocenters. The fourth-order valence-electron chi connectivity index (χ4n) is 1.58. The second-order valence-corrected chi connectivity index (χ2v) is 6.81. The van der Waals surface area contributed by atoms with Crippen molar-refractivity contribution in [3.8, 4) is 5.75 Å². The number of thioether (sulfide) groups is 1. The van der Waals surface area contributed by atoms with Crippen LogP contribution in [0.4, 0.5) is 5.13 Å². The molecule has 0 saturated carbocycles. The van der Waals surface area contributed by atoms with Crippen LogP contribution in [0.5, 0.6) is 5.75 Å². The molecule has 0 aliphatic heterocycles. The first-order chi connectivity index (χ1) is 10.1. The number of ether oxygens (including phenoxy) is 1. The average molecular weight is 323 g/mol. The van der Waals surface area contributed by atoms with Crippen LogP contribution in [0.1, 0.15) is 19.4 Å². The van der Waals surface area contributed by atoms with Gasteiger partial charge in [-0.05, 0) is 31.2 Å². The van der Waals surface area contributed by atoms with Crippen LogP contribution in [0.25, 0.3) is 0 Å². The average Bonchev–Trinajstić information content (AvgIpc) is 2.89. The van der Waals surface area contributed by atoms with Gasteiger partial charge < -0.3 is 4.74 Å². The number of carbonyl (C=O) groups is 1. The van der Waals surface area contributed by atoms with Crippen molar-refractivity contribution < 1.29 is 9.53 Å². The van der Waals surface area contributed by atoms with Gasteiger partial charge in [-0.3, -0.25) is 10.1 Å². The Morgan fingerprint density at radius 2 is 2.19 bits per heavy atom. The Hall–Kier alpha value is -1.60. The van der Waals surface area contributed by atoms with Crippen molar-refractivity contribution in [2.75, 3.05) is 11.1 Å². The summed E-state index contributed by atoms with van der Waals surface area (Å²) < 4.78 is 6.52. The van der Waals surface area contributed by atoms with Crippen LogP contribution in [-0.4, -0.2) is 28.0 Å². The number of anilines is 1. The molecule has 7 heteroatoms. The molecule has 0 aliphatic rings. The number of rotatable bonds is 6. The number of benzene rings is 1. The van der Waals surface area contributed by atoms with Crippen LogP contribution in [0.15, 0.2) is 28.6 Å². The van der Waals surface area contributed by atoms with E-state index in [1.807, 2.05) is 38.1 Å². The number of aromatic nitrogens is 2. The Morgan fingerprint density at radius 1 is 1.43 bits per heavy atom. The molecule has 21 heavy (non-hydrogen) atoms. The molecule has 0 fully saturated rings. The summed E-state index contributed by atoms with van der Waals surface area (Å²) in [5.74, 6) is 1.40. The van der Waals surface area contributed by atoms with Crippen LogP contribution in [0.3, 0.4) is 0 Å². The van der Waals surface area contributed by atoms with Crippen molar-refractivity contribution in [3.05, 3.63) is 29.8 Å². The largest absolute Gasteiger partial charge is 0.481 e. The van der Waals surface area contributed by atoms with Gasteiger partial charge in [-0.25, -0.2) is 0 Å². The number of para-hydroxylation sites is 1. The van der Waals surface area contributed by atoms with Crippen LogP contribution < -0.4 is 10.1 Å². The Labute approximate surface area is 132 Å². The molecule has 5 nitrogen and oxygen atoms in total. The Bertz CT molecular complexity index is 616. The number of hydrogen-bond donors (Lipinski definition) is 1. The van der Waals surface area contributed by atoms with Crippen LogP contribution in [0.2, 0.25) is 0 Å². The molecule has 0 radical (unpaired) electrons. The van der Waals surface area contributed by atoms with E-state index in [-0.39, 0.29) is 5.91 Å². The SMILES string of the molecule is CCSc1nnc(NC(=O)[C@@H](C)Oc2ccccc2C)s1. The van der Waals surface area contributed by atoms with Gasteiger partial charge in [-0.15, -0.1) is 10.2 Å². The Kier molecular flexibility index (Phi) is 5.58. The van der Waals surface area contributed by atoms with Gasteiger partial charge in [0.15, 0.2) is 10.4 Å². The lowest BCUT2D eigenvalue weighted by Gasteiger charge is -2.15. The van der Waals surface area contributed by atoms with E-state index in [2.05, 4.69) is 15.5 Å². The first-order valence-corrected chi connectivity index (χ1v) is 8.39. The highest BCUT2D eigenvalue weighted by molar-refractivity contribution is 8.01. The van der Waals surface area contributed by atoms with Gasteiger partial charge in [0.2, 0.25) is 5.13 Å². The smallest absolute Gasteiger partial charge is 0.266 e. The van der Waals surface area contributed by atoms with Gasteiger partial charge in [0, 0.05) is 0 Å².